The second-order valence-electron chi connectivity index (χ2n) is 7.59. The van der Waals surface area contributed by atoms with Crippen LogP contribution in [0.1, 0.15) is 46.0 Å². The van der Waals surface area contributed by atoms with E-state index in [2.05, 4.69) is 0 Å². The number of aryl methyl sites for hydroxylation is 1. The molecule has 0 bridgehead atoms. The molecule has 1 unspecified atom stereocenters. The maximum atomic E-state index is 13.6. The average Bonchev–Trinajstić information content (AvgIpc) is 3.37. The van der Waals surface area contributed by atoms with Crippen LogP contribution in [0.4, 0.5) is 0 Å². The first-order valence-electron chi connectivity index (χ1n) is 10.2. The molecule has 0 fully saturated rings. The normalized spacial score (nSPS) is 15.5. The molecule has 1 atom stereocenters. The van der Waals surface area contributed by atoms with Crippen LogP contribution in [0.15, 0.2) is 74.5 Å². The molecular formula is C25H21NO5. The Hall–Kier alpha value is -3.80. The number of amides is 1. The first kappa shape index (κ1) is 19.2. The summed E-state index contributed by atoms with van der Waals surface area (Å²) in [6.07, 6.45) is 1.56. The van der Waals surface area contributed by atoms with Crippen LogP contribution in [-0.4, -0.2) is 17.4 Å². The van der Waals surface area contributed by atoms with Crippen LogP contribution in [-0.2, 0) is 6.54 Å². The minimum absolute atomic E-state index is 0.0831. The highest BCUT2D eigenvalue weighted by Gasteiger charge is 2.43. The van der Waals surface area contributed by atoms with Gasteiger partial charge in [-0.05, 0) is 55.8 Å². The van der Waals surface area contributed by atoms with Crippen molar-refractivity contribution in [3.63, 3.8) is 0 Å². The first-order chi connectivity index (χ1) is 15.1. The molecule has 1 aliphatic heterocycles. The highest BCUT2D eigenvalue weighted by Crippen LogP contribution is 2.40. The molecule has 0 radical (unpaired) electrons. The Bertz CT molecular complexity index is 1340. The van der Waals surface area contributed by atoms with E-state index in [4.69, 9.17) is 13.6 Å². The Morgan fingerprint density at radius 2 is 1.94 bits per heavy atom. The fraction of sp³-hybridized carbons (Fsp3) is 0.200. The van der Waals surface area contributed by atoms with E-state index in [1.165, 1.54) is 0 Å². The molecule has 6 heteroatoms. The Labute approximate surface area is 178 Å². The van der Waals surface area contributed by atoms with Crippen LogP contribution in [0.25, 0.3) is 11.0 Å². The molecule has 156 valence electrons. The summed E-state index contributed by atoms with van der Waals surface area (Å²) in [4.78, 5) is 28.6. The lowest BCUT2D eigenvalue weighted by molar-refractivity contribution is 0.0701. The van der Waals surface area contributed by atoms with E-state index in [0.29, 0.717) is 34.6 Å². The molecule has 1 aliphatic rings. The van der Waals surface area contributed by atoms with Gasteiger partial charge < -0.3 is 18.5 Å². The summed E-state index contributed by atoms with van der Waals surface area (Å²) in [5.74, 6) is 1.05. The molecule has 0 N–H and O–H groups in total. The van der Waals surface area contributed by atoms with E-state index in [0.717, 1.165) is 11.1 Å². The van der Waals surface area contributed by atoms with Gasteiger partial charge in [-0.15, -0.1) is 0 Å². The quantitative estimate of drug-likeness (QED) is 0.466. The van der Waals surface area contributed by atoms with Crippen molar-refractivity contribution in [1.82, 2.24) is 4.90 Å². The van der Waals surface area contributed by atoms with Crippen molar-refractivity contribution in [1.29, 1.82) is 0 Å². The third-order valence-electron chi connectivity index (χ3n) is 5.51. The number of nitrogens with zero attached hydrogens (tertiary/aromatic N) is 1. The van der Waals surface area contributed by atoms with Gasteiger partial charge in [-0.2, -0.15) is 0 Å². The molecule has 0 aliphatic carbocycles. The number of carbonyl (C=O) groups is 1. The summed E-state index contributed by atoms with van der Waals surface area (Å²) in [7, 11) is 0. The highest BCUT2D eigenvalue weighted by molar-refractivity contribution is 5.99. The average molecular weight is 415 g/mol. The molecule has 0 saturated heterocycles. The van der Waals surface area contributed by atoms with E-state index < -0.39 is 6.04 Å². The van der Waals surface area contributed by atoms with Crippen molar-refractivity contribution in [2.24, 2.45) is 0 Å². The van der Waals surface area contributed by atoms with E-state index in [-0.39, 0.29) is 23.6 Å². The van der Waals surface area contributed by atoms with Gasteiger partial charge in [0.15, 0.2) is 5.43 Å². The van der Waals surface area contributed by atoms with Crippen molar-refractivity contribution in [2.75, 3.05) is 6.61 Å². The summed E-state index contributed by atoms with van der Waals surface area (Å²) in [5, 5.41) is 0.470. The first-order valence-corrected chi connectivity index (χ1v) is 10.2. The molecule has 5 rings (SSSR count). The van der Waals surface area contributed by atoms with Gasteiger partial charge in [0.1, 0.15) is 17.1 Å². The van der Waals surface area contributed by atoms with Gasteiger partial charge in [0, 0.05) is 0 Å². The molecule has 0 spiro atoms. The molecular weight excluding hydrogens is 394 g/mol. The van der Waals surface area contributed by atoms with Crippen molar-refractivity contribution in [2.45, 2.75) is 26.4 Å². The van der Waals surface area contributed by atoms with Gasteiger partial charge in [0.05, 0.1) is 36.4 Å². The Kier molecular flexibility index (Phi) is 4.62. The summed E-state index contributed by atoms with van der Waals surface area (Å²) in [5.41, 5.74) is 2.30. The minimum atomic E-state index is -0.603. The number of furan rings is 1. The molecule has 2 aromatic carbocycles. The van der Waals surface area contributed by atoms with Gasteiger partial charge in [-0.3, -0.25) is 9.59 Å². The van der Waals surface area contributed by atoms with Crippen molar-refractivity contribution in [3.8, 4) is 5.75 Å². The molecule has 3 heterocycles. The number of rotatable bonds is 5. The maximum Gasteiger partial charge on any atom is 0.291 e. The predicted molar refractivity (Wildman–Crippen MR) is 115 cm³/mol. The van der Waals surface area contributed by atoms with Crippen LogP contribution in [0.2, 0.25) is 0 Å². The number of fused-ring (bicyclic) bond motifs is 2. The fourth-order valence-corrected chi connectivity index (χ4v) is 4.16. The van der Waals surface area contributed by atoms with Crippen LogP contribution in [0.5, 0.6) is 5.75 Å². The molecule has 31 heavy (non-hydrogen) atoms. The largest absolute Gasteiger partial charge is 0.494 e. The topological polar surface area (TPSA) is 72.9 Å². The Morgan fingerprint density at radius 3 is 2.71 bits per heavy atom. The van der Waals surface area contributed by atoms with E-state index in [1.807, 2.05) is 44.2 Å². The van der Waals surface area contributed by atoms with Crippen LogP contribution in [0.3, 0.4) is 0 Å². The SMILES string of the molecule is CCOc1cccc(C2c3c(oc4ccc(C)cc4c3=O)C(=O)N2Cc2ccco2)c1. The van der Waals surface area contributed by atoms with Crippen molar-refractivity contribution >= 4 is 16.9 Å². The fourth-order valence-electron chi connectivity index (χ4n) is 4.16. The molecule has 4 aromatic rings. The van der Waals surface area contributed by atoms with Gasteiger partial charge in [-0.1, -0.05) is 23.8 Å². The molecule has 0 saturated carbocycles. The smallest absolute Gasteiger partial charge is 0.291 e. The number of benzene rings is 2. The van der Waals surface area contributed by atoms with Gasteiger partial charge in [0.25, 0.3) is 5.91 Å². The molecule has 2 aromatic heterocycles. The van der Waals surface area contributed by atoms with Gasteiger partial charge in [0.2, 0.25) is 5.76 Å². The second kappa shape index (κ2) is 7.47. The summed E-state index contributed by atoms with van der Waals surface area (Å²) >= 11 is 0. The van der Waals surface area contributed by atoms with Crippen LogP contribution >= 0.6 is 0 Å². The van der Waals surface area contributed by atoms with Crippen LogP contribution < -0.4 is 10.2 Å². The van der Waals surface area contributed by atoms with E-state index in [9.17, 15) is 9.59 Å². The van der Waals surface area contributed by atoms with Gasteiger partial charge in [-0.25, -0.2) is 0 Å². The lowest BCUT2D eigenvalue weighted by Gasteiger charge is -2.24. The van der Waals surface area contributed by atoms with Crippen molar-refractivity contribution in [3.05, 3.63) is 99.3 Å². The zero-order valence-electron chi connectivity index (χ0n) is 17.3. The minimum Gasteiger partial charge on any atom is -0.494 e. The zero-order valence-corrected chi connectivity index (χ0v) is 17.3. The Balaban J connectivity index is 1.73. The molecule has 1 amide bonds. The van der Waals surface area contributed by atoms with Gasteiger partial charge >= 0.3 is 0 Å². The third-order valence-corrected chi connectivity index (χ3v) is 5.51. The number of hydrogen-bond acceptors (Lipinski definition) is 5. The monoisotopic (exact) mass is 415 g/mol. The third kappa shape index (κ3) is 3.20. The molecule has 6 nitrogen and oxygen atoms in total. The summed E-state index contributed by atoms with van der Waals surface area (Å²) in [6.45, 7) is 4.57. The predicted octanol–water partition coefficient (Wildman–Crippen LogP) is 4.84. The summed E-state index contributed by atoms with van der Waals surface area (Å²) in [6, 6.07) is 15.8. The number of ether oxygens (including phenoxy) is 1. The van der Waals surface area contributed by atoms with E-state index in [1.54, 1.807) is 35.4 Å². The lowest BCUT2D eigenvalue weighted by Crippen LogP contribution is -2.29. The number of carbonyl (C=O) groups excluding carboxylic acids is 1. The Morgan fingerprint density at radius 1 is 1.06 bits per heavy atom. The second-order valence-corrected chi connectivity index (χ2v) is 7.59. The van der Waals surface area contributed by atoms with Crippen molar-refractivity contribution < 1.29 is 18.4 Å². The zero-order chi connectivity index (χ0) is 21.5. The lowest BCUT2D eigenvalue weighted by atomic mass is 9.98. The van der Waals surface area contributed by atoms with Crippen LogP contribution in [0, 0.1) is 6.92 Å². The summed E-state index contributed by atoms with van der Waals surface area (Å²) < 4.78 is 17.1. The standard InChI is InChI=1S/C25H21NO5/c1-3-29-17-7-4-6-16(13-17)22-21-23(27)19-12-15(2)9-10-20(19)31-24(21)25(28)26(22)14-18-8-5-11-30-18/h4-13,22H,3,14H2,1-2H3. The highest BCUT2D eigenvalue weighted by atomic mass is 16.5. The number of hydrogen-bond donors (Lipinski definition) is 0. The maximum absolute atomic E-state index is 13.6. The van der Waals surface area contributed by atoms with E-state index >= 15 is 0 Å².